The maximum Gasteiger partial charge on any atom is 0.573 e. The van der Waals surface area contributed by atoms with Crippen LogP contribution in [0.15, 0.2) is 30.3 Å². The van der Waals surface area contributed by atoms with Crippen molar-refractivity contribution < 1.29 is 17.9 Å². The second-order valence-corrected chi connectivity index (χ2v) is 6.78. The molecule has 1 aromatic heterocycles. The van der Waals surface area contributed by atoms with E-state index in [0.29, 0.717) is 5.92 Å². The summed E-state index contributed by atoms with van der Waals surface area (Å²) in [6.45, 7) is 7.85. The fourth-order valence-electron chi connectivity index (χ4n) is 3.03. The van der Waals surface area contributed by atoms with E-state index < -0.39 is 6.36 Å². The molecule has 0 aliphatic carbocycles. The van der Waals surface area contributed by atoms with Gasteiger partial charge in [0.15, 0.2) is 5.82 Å². The predicted octanol–water partition coefficient (Wildman–Crippen LogP) is 3.38. The second kappa shape index (κ2) is 7.57. The van der Waals surface area contributed by atoms with Crippen molar-refractivity contribution in [2.24, 2.45) is 5.92 Å². The van der Waals surface area contributed by atoms with E-state index in [-0.39, 0.29) is 5.75 Å². The van der Waals surface area contributed by atoms with E-state index in [1.807, 2.05) is 4.68 Å². The van der Waals surface area contributed by atoms with Crippen molar-refractivity contribution in [2.45, 2.75) is 26.6 Å². The number of rotatable bonds is 5. The van der Waals surface area contributed by atoms with Gasteiger partial charge in [0.25, 0.3) is 0 Å². The normalized spacial score (nSPS) is 15.5. The van der Waals surface area contributed by atoms with Gasteiger partial charge in [-0.1, -0.05) is 13.8 Å². The van der Waals surface area contributed by atoms with E-state index in [1.165, 1.54) is 12.1 Å². The van der Waals surface area contributed by atoms with Gasteiger partial charge in [0.05, 0.1) is 5.69 Å². The van der Waals surface area contributed by atoms with Gasteiger partial charge in [-0.2, -0.15) is 5.10 Å². The first-order chi connectivity index (χ1) is 12.3. The fourth-order valence-corrected chi connectivity index (χ4v) is 3.03. The van der Waals surface area contributed by atoms with Crippen LogP contribution in [0.2, 0.25) is 0 Å². The largest absolute Gasteiger partial charge is 0.573 e. The van der Waals surface area contributed by atoms with Crippen molar-refractivity contribution >= 4 is 5.82 Å². The van der Waals surface area contributed by atoms with E-state index in [9.17, 15) is 13.2 Å². The SMILES string of the molecule is CC(C)Cc1cc(N2CCNCC2)nn1-c1ccc(OC(F)(F)F)cc1. The monoisotopic (exact) mass is 368 g/mol. The van der Waals surface area contributed by atoms with Crippen molar-refractivity contribution in [3.8, 4) is 11.4 Å². The van der Waals surface area contributed by atoms with Crippen LogP contribution in [-0.2, 0) is 6.42 Å². The minimum Gasteiger partial charge on any atom is -0.406 e. The summed E-state index contributed by atoms with van der Waals surface area (Å²) in [5.74, 6) is 1.10. The highest BCUT2D eigenvalue weighted by Gasteiger charge is 2.31. The summed E-state index contributed by atoms with van der Waals surface area (Å²) < 4.78 is 42.8. The first-order valence-corrected chi connectivity index (χ1v) is 8.72. The Morgan fingerprint density at radius 2 is 1.81 bits per heavy atom. The summed E-state index contributed by atoms with van der Waals surface area (Å²) in [4.78, 5) is 2.22. The number of nitrogens with one attached hydrogen (secondary N) is 1. The molecule has 0 saturated carbocycles. The summed E-state index contributed by atoms with van der Waals surface area (Å²) in [6.07, 6.45) is -3.86. The summed E-state index contributed by atoms with van der Waals surface area (Å²) in [6, 6.07) is 7.90. The minimum absolute atomic E-state index is 0.235. The van der Waals surface area contributed by atoms with Gasteiger partial charge >= 0.3 is 6.36 Å². The Bertz CT molecular complexity index is 719. The van der Waals surface area contributed by atoms with Crippen LogP contribution in [0.4, 0.5) is 19.0 Å². The topological polar surface area (TPSA) is 42.3 Å². The third-order valence-corrected chi connectivity index (χ3v) is 4.14. The number of ether oxygens (including phenoxy) is 1. The molecule has 0 spiro atoms. The molecule has 26 heavy (non-hydrogen) atoms. The lowest BCUT2D eigenvalue weighted by atomic mass is 10.1. The molecule has 3 rings (SSSR count). The summed E-state index contributed by atoms with van der Waals surface area (Å²) in [5.41, 5.74) is 1.76. The Kier molecular flexibility index (Phi) is 5.41. The number of aromatic nitrogens is 2. The third kappa shape index (κ3) is 4.69. The number of alkyl halides is 3. The quantitative estimate of drug-likeness (QED) is 0.879. The van der Waals surface area contributed by atoms with Gasteiger partial charge < -0.3 is 15.0 Å². The van der Waals surface area contributed by atoms with Crippen molar-refractivity contribution in [3.63, 3.8) is 0 Å². The lowest BCUT2D eigenvalue weighted by Crippen LogP contribution is -2.43. The zero-order valence-electron chi connectivity index (χ0n) is 14.9. The molecule has 1 saturated heterocycles. The standard InChI is InChI=1S/C18H23F3N4O/c1-13(2)11-15-12-17(24-9-7-22-8-10-24)23-25(15)14-3-5-16(6-4-14)26-18(19,20)21/h3-6,12-13,22H,7-11H2,1-2H3. The van der Waals surface area contributed by atoms with Crippen LogP contribution in [0.3, 0.4) is 0 Å². The zero-order valence-corrected chi connectivity index (χ0v) is 14.9. The zero-order chi connectivity index (χ0) is 18.7. The highest BCUT2D eigenvalue weighted by molar-refractivity contribution is 5.46. The number of piperazine rings is 1. The van der Waals surface area contributed by atoms with Crippen molar-refractivity contribution in [1.29, 1.82) is 0 Å². The Hall–Kier alpha value is -2.22. The van der Waals surface area contributed by atoms with E-state index in [2.05, 4.69) is 34.9 Å². The molecular formula is C18H23F3N4O. The van der Waals surface area contributed by atoms with E-state index in [1.54, 1.807) is 12.1 Å². The number of hydrogen-bond acceptors (Lipinski definition) is 4. The van der Waals surface area contributed by atoms with Crippen molar-refractivity contribution in [2.75, 3.05) is 31.1 Å². The van der Waals surface area contributed by atoms with Gasteiger partial charge in [0.1, 0.15) is 5.75 Å². The molecule has 8 heteroatoms. The minimum atomic E-state index is -4.69. The summed E-state index contributed by atoms with van der Waals surface area (Å²) >= 11 is 0. The molecule has 0 bridgehead atoms. The van der Waals surface area contributed by atoms with Gasteiger partial charge in [-0.25, -0.2) is 4.68 Å². The van der Waals surface area contributed by atoms with Crippen molar-refractivity contribution in [1.82, 2.24) is 15.1 Å². The van der Waals surface area contributed by atoms with E-state index >= 15 is 0 Å². The predicted molar refractivity (Wildman–Crippen MR) is 93.9 cm³/mol. The molecule has 1 fully saturated rings. The highest BCUT2D eigenvalue weighted by Crippen LogP contribution is 2.26. The second-order valence-electron chi connectivity index (χ2n) is 6.78. The Morgan fingerprint density at radius 3 is 2.38 bits per heavy atom. The average molecular weight is 368 g/mol. The lowest BCUT2D eigenvalue weighted by molar-refractivity contribution is -0.274. The highest BCUT2D eigenvalue weighted by atomic mass is 19.4. The molecule has 5 nitrogen and oxygen atoms in total. The van der Waals surface area contributed by atoms with Gasteiger partial charge in [-0.3, -0.25) is 0 Å². The molecule has 1 aliphatic rings. The number of benzene rings is 1. The van der Waals surface area contributed by atoms with Gasteiger partial charge in [-0.05, 0) is 36.6 Å². The molecule has 2 aromatic rings. The average Bonchev–Trinajstić information content (AvgIpc) is 2.98. The van der Waals surface area contributed by atoms with Crippen LogP contribution in [-0.4, -0.2) is 42.3 Å². The third-order valence-electron chi connectivity index (χ3n) is 4.14. The molecule has 0 unspecified atom stereocenters. The summed E-state index contributed by atoms with van der Waals surface area (Å²) in [7, 11) is 0. The summed E-state index contributed by atoms with van der Waals surface area (Å²) in [5, 5.41) is 8.03. The van der Waals surface area contributed by atoms with Gasteiger partial charge in [-0.15, -0.1) is 13.2 Å². The van der Waals surface area contributed by atoms with Gasteiger partial charge in [0, 0.05) is 37.9 Å². The molecule has 0 radical (unpaired) electrons. The smallest absolute Gasteiger partial charge is 0.406 e. The van der Waals surface area contributed by atoms with E-state index in [4.69, 9.17) is 5.10 Å². The number of nitrogens with zero attached hydrogens (tertiary/aromatic N) is 3. The van der Waals surface area contributed by atoms with Crippen LogP contribution in [0.1, 0.15) is 19.5 Å². The molecule has 1 N–H and O–H groups in total. The van der Waals surface area contributed by atoms with Crippen LogP contribution < -0.4 is 15.0 Å². The maximum atomic E-state index is 12.3. The van der Waals surface area contributed by atoms with E-state index in [0.717, 1.165) is 49.8 Å². The lowest BCUT2D eigenvalue weighted by Gasteiger charge is -2.27. The van der Waals surface area contributed by atoms with Crippen LogP contribution >= 0.6 is 0 Å². The van der Waals surface area contributed by atoms with Crippen LogP contribution in [0, 0.1) is 5.92 Å². The van der Waals surface area contributed by atoms with Crippen LogP contribution in [0.25, 0.3) is 5.69 Å². The Morgan fingerprint density at radius 1 is 1.15 bits per heavy atom. The number of anilines is 1. The Labute approximate surface area is 150 Å². The molecule has 142 valence electrons. The Balaban J connectivity index is 1.88. The molecule has 0 atom stereocenters. The van der Waals surface area contributed by atoms with Crippen LogP contribution in [0.5, 0.6) is 5.75 Å². The maximum absolute atomic E-state index is 12.3. The van der Waals surface area contributed by atoms with Gasteiger partial charge in [0.2, 0.25) is 0 Å². The number of halogens is 3. The van der Waals surface area contributed by atoms with Crippen molar-refractivity contribution in [3.05, 3.63) is 36.0 Å². The fraction of sp³-hybridized carbons (Fsp3) is 0.500. The first-order valence-electron chi connectivity index (χ1n) is 8.72. The molecule has 1 aromatic carbocycles. The number of hydrogen-bond donors (Lipinski definition) is 1. The molecule has 2 heterocycles. The molecular weight excluding hydrogens is 345 g/mol. The molecule has 1 aliphatic heterocycles. The molecule has 0 amide bonds. The first kappa shape index (κ1) is 18.6.